The number of rotatable bonds is 5. The van der Waals surface area contributed by atoms with Gasteiger partial charge in [0.05, 0.1) is 18.2 Å². The van der Waals surface area contributed by atoms with Crippen molar-refractivity contribution in [1.82, 2.24) is 10.2 Å². The number of guanidine groups is 1. The lowest BCUT2D eigenvalue weighted by Crippen LogP contribution is -2.41. The van der Waals surface area contributed by atoms with E-state index in [1.807, 2.05) is 12.1 Å². The molecule has 1 atom stereocenters. The number of hydrogen-bond donors (Lipinski definition) is 1. The zero-order chi connectivity index (χ0) is 17.7. The summed E-state index contributed by atoms with van der Waals surface area (Å²) in [5.41, 5.74) is 0.320. The first kappa shape index (κ1) is 21.9. The van der Waals surface area contributed by atoms with Crippen molar-refractivity contribution in [2.45, 2.75) is 19.8 Å². The van der Waals surface area contributed by atoms with Crippen LogP contribution in [0.15, 0.2) is 23.2 Å². The molecule has 1 N–H and O–H groups in total. The average molecular weight is 514 g/mol. The van der Waals surface area contributed by atoms with Crippen molar-refractivity contribution in [2.24, 2.45) is 10.4 Å². The van der Waals surface area contributed by atoms with Crippen LogP contribution in [0.1, 0.15) is 19.8 Å². The van der Waals surface area contributed by atoms with Gasteiger partial charge >= 0.3 is 0 Å². The van der Waals surface area contributed by atoms with Crippen LogP contribution < -0.4 is 10.1 Å². The molecule has 0 radical (unpaired) electrons. The van der Waals surface area contributed by atoms with Gasteiger partial charge in [0.2, 0.25) is 0 Å². The molecule has 2 heterocycles. The Kier molecular flexibility index (Phi) is 8.57. The summed E-state index contributed by atoms with van der Waals surface area (Å²) in [6, 6.07) is 5.38. The predicted molar refractivity (Wildman–Crippen MR) is 117 cm³/mol. The first-order valence-electron chi connectivity index (χ1n) is 8.81. The Balaban J connectivity index is 0.00000243. The van der Waals surface area contributed by atoms with E-state index in [4.69, 9.17) is 37.7 Å². The van der Waals surface area contributed by atoms with Crippen molar-refractivity contribution >= 4 is 53.1 Å². The molecule has 1 aromatic carbocycles. The van der Waals surface area contributed by atoms with E-state index in [0.717, 1.165) is 45.2 Å². The molecular formula is C18H26Cl2IN3O2. The van der Waals surface area contributed by atoms with Gasteiger partial charge in [0.15, 0.2) is 5.96 Å². The number of benzene rings is 1. The number of aliphatic imine (C=N–C) groups is 1. The molecule has 0 bridgehead atoms. The lowest BCUT2D eigenvalue weighted by Gasteiger charge is -2.25. The molecule has 1 unspecified atom stereocenters. The summed E-state index contributed by atoms with van der Waals surface area (Å²) in [7, 11) is 0. The molecule has 2 saturated heterocycles. The van der Waals surface area contributed by atoms with Crippen LogP contribution in [0.3, 0.4) is 0 Å². The molecule has 0 saturated carbocycles. The standard InChI is InChI=1S/C18H25Cl2N3O2.HI/c1-2-21-17(23-9-6-18(12-23)7-10-24-13-18)22-8-11-25-15-5-3-4-14(19)16(15)20;/h3-5H,2,6-13H2,1H3,(H,21,22);1H. The first-order chi connectivity index (χ1) is 12.1. The van der Waals surface area contributed by atoms with Crippen LogP contribution in [-0.4, -0.2) is 56.9 Å². The third-order valence-corrected chi connectivity index (χ3v) is 5.59. The molecule has 0 aliphatic carbocycles. The van der Waals surface area contributed by atoms with Gasteiger partial charge in [-0.15, -0.1) is 24.0 Å². The highest BCUT2D eigenvalue weighted by molar-refractivity contribution is 14.0. The number of ether oxygens (including phenoxy) is 2. The zero-order valence-corrected chi connectivity index (χ0v) is 18.8. The molecule has 26 heavy (non-hydrogen) atoms. The summed E-state index contributed by atoms with van der Waals surface area (Å²) in [6.07, 6.45) is 2.32. The van der Waals surface area contributed by atoms with Gasteiger partial charge in [-0.05, 0) is 31.9 Å². The minimum atomic E-state index is 0. The Morgan fingerprint density at radius 3 is 2.96 bits per heavy atom. The predicted octanol–water partition coefficient (Wildman–Crippen LogP) is 4.07. The molecule has 2 aliphatic heterocycles. The molecule has 8 heteroatoms. The quantitative estimate of drug-likeness (QED) is 0.279. The van der Waals surface area contributed by atoms with E-state index < -0.39 is 0 Å². The van der Waals surface area contributed by atoms with Crippen molar-refractivity contribution in [3.63, 3.8) is 0 Å². The highest BCUT2D eigenvalue weighted by atomic mass is 127. The van der Waals surface area contributed by atoms with Crippen LogP contribution in [0.5, 0.6) is 5.75 Å². The Labute approximate surface area is 182 Å². The Bertz CT molecular complexity index is 624. The average Bonchev–Trinajstić information content (AvgIpc) is 3.24. The third kappa shape index (κ3) is 5.30. The van der Waals surface area contributed by atoms with Crippen molar-refractivity contribution in [2.75, 3.05) is 46.0 Å². The van der Waals surface area contributed by atoms with Gasteiger partial charge in [0, 0.05) is 31.7 Å². The van der Waals surface area contributed by atoms with Gasteiger partial charge < -0.3 is 19.7 Å². The summed E-state index contributed by atoms with van der Waals surface area (Å²) in [6.45, 7) is 7.75. The fourth-order valence-electron chi connectivity index (χ4n) is 3.42. The summed E-state index contributed by atoms with van der Waals surface area (Å²) < 4.78 is 11.3. The third-order valence-electron chi connectivity index (χ3n) is 4.78. The minimum Gasteiger partial charge on any atom is -0.490 e. The molecule has 0 amide bonds. The van der Waals surface area contributed by atoms with E-state index in [1.54, 1.807) is 6.07 Å². The van der Waals surface area contributed by atoms with Crippen LogP contribution in [0, 0.1) is 5.41 Å². The second kappa shape index (κ2) is 10.2. The van der Waals surface area contributed by atoms with Crippen LogP contribution in [-0.2, 0) is 4.74 Å². The van der Waals surface area contributed by atoms with Crippen molar-refractivity contribution < 1.29 is 9.47 Å². The fraction of sp³-hybridized carbons (Fsp3) is 0.611. The van der Waals surface area contributed by atoms with Crippen LogP contribution in [0.2, 0.25) is 10.0 Å². The van der Waals surface area contributed by atoms with Crippen molar-refractivity contribution in [1.29, 1.82) is 0 Å². The minimum absolute atomic E-state index is 0. The van der Waals surface area contributed by atoms with Gasteiger partial charge in [0.1, 0.15) is 17.4 Å². The summed E-state index contributed by atoms with van der Waals surface area (Å²) >= 11 is 12.1. The zero-order valence-electron chi connectivity index (χ0n) is 15.0. The highest BCUT2D eigenvalue weighted by Gasteiger charge is 2.42. The Morgan fingerprint density at radius 1 is 1.38 bits per heavy atom. The molecular weight excluding hydrogens is 488 g/mol. The Morgan fingerprint density at radius 2 is 2.23 bits per heavy atom. The molecule has 146 valence electrons. The second-order valence-electron chi connectivity index (χ2n) is 6.61. The fourth-order valence-corrected chi connectivity index (χ4v) is 3.76. The van der Waals surface area contributed by atoms with Gasteiger partial charge in [-0.1, -0.05) is 29.3 Å². The van der Waals surface area contributed by atoms with Crippen LogP contribution in [0.4, 0.5) is 0 Å². The van der Waals surface area contributed by atoms with Gasteiger partial charge in [-0.2, -0.15) is 0 Å². The van der Waals surface area contributed by atoms with Crippen LogP contribution >= 0.6 is 47.2 Å². The SMILES string of the molecule is CCNC(=NCCOc1cccc(Cl)c1Cl)N1CCC2(CCOC2)C1.I. The number of halogens is 3. The van der Waals surface area contributed by atoms with E-state index in [0.29, 0.717) is 34.4 Å². The molecule has 0 aromatic heterocycles. The van der Waals surface area contributed by atoms with Crippen molar-refractivity contribution in [3.8, 4) is 5.75 Å². The Hall–Kier alpha value is -0.440. The number of likely N-dealkylation sites (tertiary alicyclic amines) is 1. The number of nitrogens with one attached hydrogen (secondary N) is 1. The molecule has 5 nitrogen and oxygen atoms in total. The summed E-state index contributed by atoms with van der Waals surface area (Å²) in [5.74, 6) is 1.55. The largest absolute Gasteiger partial charge is 0.490 e. The van der Waals surface area contributed by atoms with Gasteiger partial charge in [-0.25, -0.2) is 4.99 Å². The smallest absolute Gasteiger partial charge is 0.194 e. The molecule has 2 aliphatic rings. The van der Waals surface area contributed by atoms with E-state index in [-0.39, 0.29) is 24.0 Å². The van der Waals surface area contributed by atoms with E-state index in [1.165, 1.54) is 6.42 Å². The maximum atomic E-state index is 6.13. The van der Waals surface area contributed by atoms with Crippen LogP contribution in [0.25, 0.3) is 0 Å². The summed E-state index contributed by atoms with van der Waals surface area (Å²) in [4.78, 5) is 7.04. The molecule has 1 aromatic rings. The maximum Gasteiger partial charge on any atom is 0.194 e. The molecule has 3 rings (SSSR count). The van der Waals surface area contributed by atoms with E-state index in [9.17, 15) is 0 Å². The van der Waals surface area contributed by atoms with Gasteiger partial charge in [-0.3, -0.25) is 0 Å². The lowest BCUT2D eigenvalue weighted by molar-refractivity contribution is 0.156. The maximum absolute atomic E-state index is 6.13. The van der Waals surface area contributed by atoms with E-state index >= 15 is 0 Å². The molecule has 1 spiro atoms. The van der Waals surface area contributed by atoms with Gasteiger partial charge in [0.25, 0.3) is 0 Å². The summed E-state index contributed by atoms with van der Waals surface area (Å²) in [5, 5.41) is 4.33. The topological polar surface area (TPSA) is 46.1 Å². The number of nitrogens with zero attached hydrogens (tertiary/aromatic N) is 2. The van der Waals surface area contributed by atoms with Crippen molar-refractivity contribution in [3.05, 3.63) is 28.2 Å². The monoisotopic (exact) mass is 513 g/mol. The van der Waals surface area contributed by atoms with E-state index in [2.05, 4.69) is 17.1 Å². The lowest BCUT2D eigenvalue weighted by atomic mass is 9.87. The normalized spacial score (nSPS) is 22.6. The second-order valence-corrected chi connectivity index (χ2v) is 7.40. The first-order valence-corrected chi connectivity index (χ1v) is 9.57. The molecule has 2 fully saturated rings. The highest BCUT2D eigenvalue weighted by Crippen LogP contribution is 2.38. The number of hydrogen-bond acceptors (Lipinski definition) is 3.